The summed E-state index contributed by atoms with van der Waals surface area (Å²) in [5.41, 5.74) is 1.66. The molecule has 0 aromatic rings. The van der Waals surface area contributed by atoms with Gasteiger partial charge in [0.1, 0.15) is 0 Å². The number of rotatable bonds is 4. The molecular formula is C11H19ClS. The maximum Gasteiger partial charge on any atom is 0.00846 e. The quantitative estimate of drug-likeness (QED) is 0.672. The van der Waals surface area contributed by atoms with Crippen molar-refractivity contribution >= 4 is 23.4 Å². The van der Waals surface area contributed by atoms with Crippen LogP contribution in [0.1, 0.15) is 39.0 Å². The third kappa shape index (κ3) is 4.42. The molecule has 0 aliphatic carbocycles. The second kappa shape index (κ2) is 6.78. The van der Waals surface area contributed by atoms with Crippen molar-refractivity contribution in [3.8, 4) is 0 Å². The fourth-order valence-electron chi connectivity index (χ4n) is 2.00. The number of halogens is 1. The van der Waals surface area contributed by atoms with Crippen LogP contribution in [0.5, 0.6) is 0 Å². The van der Waals surface area contributed by atoms with Crippen molar-refractivity contribution in [2.45, 2.75) is 44.3 Å². The molecule has 1 rings (SSSR count). The topological polar surface area (TPSA) is 0 Å². The van der Waals surface area contributed by atoms with Gasteiger partial charge in [0.25, 0.3) is 0 Å². The first-order valence-electron chi connectivity index (χ1n) is 5.23. The monoisotopic (exact) mass is 218 g/mol. The molecule has 1 heterocycles. The fourth-order valence-corrected chi connectivity index (χ4v) is 3.56. The molecule has 2 unspecified atom stereocenters. The maximum absolute atomic E-state index is 5.53. The standard InChI is InChI=1S/C11H19ClS/c1-2-4-10-6-8-13-11(9-10)5-3-7-12/h3,7,10-11H,2,4-6,8-9H2,1H3. The number of hydrogen-bond acceptors (Lipinski definition) is 1. The van der Waals surface area contributed by atoms with Crippen molar-refractivity contribution in [3.63, 3.8) is 0 Å². The molecule has 1 aliphatic heterocycles. The first-order chi connectivity index (χ1) is 6.36. The Bertz CT molecular complexity index is 154. The Kier molecular flexibility index (Phi) is 5.97. The van der Waals surface area contributed by atoms with Crippen molar-refractivity contribution in [1.29, 1.82) is 0 Å². The molecule has 0 amide bonds. The van der Waals surface area contributed by atoms with Crippen molar-refractivity contribution in [2.24, 2.45) is 5.92 Å². The molecule has 1 fully saturated rings. The van der Waals surface area contributed by atoms with E-state index in [1.165, 1.54) is 31.4 Å². The molecule has 0 nitrogen and oxygen atoms in total. The van der Waals surface area contributed by atoms with E-state index in [9.17, 15) is 0 Å². The molecule has 0 aromatic carbocycles. The lowest BCUT2D eigenvalue weighted by molar-refractivity contribution is 0.418. The van der Waals surface area contributed by atoms with Crippen molar-refractivity contribution in [2.75, 3.05) is 5.75 Å². The summed E-state index contributed by atoms with van der Waals surface area (Å²) >= 11 is 7.65. The van der Waals surface area contributed by atoms with Gasteiger partial charge in [-0.1, -0.05) is 37.4 Å². The second-order valence-electron chi connectivity index (χ2n) is 3.77. The Morgan fingerprint density at radius 1 is 1.54 bits per heavy atom. The fraction of sp³-hybridized carbons (Fsp3) is 0.818. The summed E-state index contributed by atoms with van der Waals surface area (Å²) in [4.78, 5) is 0. The highest BCUT2D eigenvalue weighted by Gasteiger charge is 2.20. The molecule has 0 aromatic heterocycles. The molecule has 0 spiro atoms. The van der Waals surface area contributed by atoms with E-state index in [1.807, 2.05) is 0 Å². The van der Waals surface area contributed by atoms with Gasteiger partial charge in [-0.15, -0.1) is 0 Å². The van der Waals surface area contributed by atoms with E-state index >= 15 is 0 Å². The van der Waals surface area contributed by atoms with Gasteiger partial charge in [-0.2, -0.15) is 11.8 Å². The van der Waals surface area contributed by atoms with Gasteiger partial charge in [-0.25, -0.2) is 0 Å². The second-order valence-corrected chi connectivity index (χ2v) is 5.43. The zero-order valence-corrected chi connectivity index (χ0v) is 9.91. The van der Waals surface area contributed by atoms with E-state index in [0.29, 0.717) is 0 Å². The largest absolute Gasteiger partial charge is 0.158 e. The highest BCUT2D eigenvalue weighted by Crippen LogP contribution is 2.34. The van der Waals surface area contributed by atoms with E-state index in [0.717, 1.165) is 17.6 Å². The third-order valence-electron chi connectivity index (χ3n) is 2.66. The normalized spacial score (nSPS) is 29.7. The summed E-state index contributed by atoms with van der Waals surface area (Å²) < 4.78 is 0. The lowest BCUT2D eigenvalue weighted by Gasteiger charge is -2.27. The molecule has 1 saturated heterocycles. The van der Waals surface area contributed by atoms with Gasteiger partial charge in [0.2, 0.25) is 0 Å². The minimum absolute atomic E-state index is 0.834. The van der Waals surface area contributed by atoms with Crippen LogP contribution in [0.3, 0.4) is 0 Å². The summed E-state index contributed by atoms with van der Waals surface area (Å²) in [5.74, 6) is 2.34. The van der Waals surface area contributed by atoms with Gasteiger partial charge in [-0.3, -0.25) is 0 Å². The van der Waals surface area contributed by atoms with Crippen LogP contribution in [0.25, 0.3) is 0 Å². The Labute approximate surface area is 91.1 Å². The van der Waals surface area contributed by atoms with Crippen LogP contribution in [-0.2, 0) is 0 Å². The van der Waals surface area contributed by atoms with Crippen LogP contribution in [-0.4, -0.2) is 11.0 Å². The van der Waals surface area contributed by atoms with Gasteiger partial charge in [0, 0.05) is 10.8 Å². The molecule has 0 radical (unpaired) electrons. The summed E-state index contributed by atoms with van der Waals surface area (Å²) in [6.45, 7) is 2.29. The average Bonchev–Trinajstić information content (AvgIpc) is 2.16. The molecule has 0 saturated carbocycles. The van der Waals surface area contributed by atoms with E-state index in [4.69, 9.17) is 11.6 Å². The minimum atomic E-state index is 0.834. The molecule has 76 valence electrons. The van der Waals surface area contributed by atoms with E-state index in [-0.39, 0.29) is 0 Å². The predicted molar refractivity (Wildman–Crippen MR) is 63.5 cm³/mol. The molecule has 0 N–H and O–H groups in total. The number of thioether (sulfide) groups is 1. The molecular weight excluding hydrogens is 200 g/mol. The van der Waals surface area contributed by atoms with Crippen LogP contribution in [0.2, 0.25) is 0 Å². The predicted octanol–water partition coefficient (Wildman–Crippen LogP) is 4.44. The molecule has 0 bridgehead atoms. The van der Waals surface area contributed by atoms with Crippen molar-refractivity contribution < 1.29 is 0 Å². The molecule has 2 heteroatoms. The van der Waals surface area contributed by atoms with E-state index in [2.05, 4.69) is 24.8 Å². The van der Waals surface area contributed by atoms with Gasteiger partial charge in [-0.05, 0) is 30.9 Å². The van der Waals surface area contributed by atoms with Crippen LogP contribution in [0.15, 0.2) is 11.6 Å². The molecule has 2 atom stereocenters. The highest BCUT2D eigenvalue weighted by molar-refractivity contribution is 7.99. The van der Waals surface area contributed by atoms with Crippen molar-refractivity contribution in [1.82, 2.24) is 0 Å². The lowest BCUT2D eigenvalue weighted by Crippen LogP contribution is -2.17. The Morgan fingerprint density at radius 2 is 2.38 bits per heavy atom. The van der Waals surface area contributed by atoms with Crippen LogP contribution in [0.4, 0.5) is 0 Å². The Hall–Kier alpha value is 0.380. The Balaban J connectivity index is 2.24. The molecule has 13 heavy (non-hydrogen) atoms. The van der Waals surface area contributed by atoms with Gasteiger partial charge >= 0.3 is 0 Å². The van der Waals surface area contributed by atoms with Gasteiger partial charge in [0.05, 0.1) is 0 Å². The number of hydrogen-bond donors (Lipinski definition) is 0. The zero-order chi connectivity index (χ0) is 9.52. The summed E-state index contributed by atoms with van der Waals surface area (Å²) in [6.07, 6.45) is 8.84. The van der Waals surface area contributed by atoms with E-state index in [1.54, 1.807) is 5.54 Å². The van der Waals surface area contributed by atoms with Gasteiger partial charge in [0.15, 0.2) is 0 Å². The van der Waals surface area contributed by atoms with Crippen molar-refractivity contribution in [3.05, 3.63) is 11.6 Å². The third-order valence-corrected chi connectivity index (χ3v) is 4.17. The molecule has 1 aliphatic rings. The first kappa shape index (κ1) is 11.5. The summed E-state index contributed by atoms with van der Waals surface area (Å²) in [5, 5.41) is 0.834. The van der Waals surface area contributed by atoms with Crippen LogP contribution in [0, 0.1) is 5.92 Å². The summed E-state index contributed by atoms with van der Waals surface area (Å²) in [6, 6.07) is 0. The number of allylic oxidation sites excluding steroid dienone is 1. The smallest absolute Gasteiger partial charge is 0.00846 e. The van der Waals surface area contributed by atoms with Crippen LogP contribution >= 0.6 is 23.4 Å². The maximum atomic E-state index is 5.53. The SMILES string of the molecule is CCCC1CCSC(CC=CCl)C1. The average molecular weight is 219 g/mol. The van der Waals surface area contributed by atoms with Gasteiger partial charge < -0.3 is 0 Å². The first-order valence-corrected chi connectivity index (χ1v) is 6.72. The van der Waals surface area contributed by atoms with Crippen LogP contribution < -0.4 is 0 Å². The van der Waals surface area contributed by atoms with E-state index < -0.39 is 0 Å². The zero-order valence-electron chi connectivity index (χ0n) is 8.34. The summed E-state index contributed by atoms with van der Waals surface area (Å²) in [7, 11) is 0. The Morgan fingerprint density at radius 3 is 3.08 bits per heavy atom. The lowest BCUT2D eigenvalue weighted by atomic mass is 9.94. The highest BCUT2D eigenvalue weighted by atomic mass is 35.5. The minimum Gasteiger partial charge on any atom is -0.158 e.